The van der Waals surface area contributed by atoms with Crippen LogP contribution in [0, 0.1) is 5.92 Å². The molecule has 142 valence electrons. The van der Waals surface area contributed by atoms with Crippen molar-refractivity contribution in [1.29, 1.82) is 0 Å². The van der Waals surface area contributed by atoms with Gasteiger partial charge in [-0.3, -0.25) is 19.3 Å². The molecule has 2 heterocycles. The van der Waals surface area contributed by atoms with Gasteiger partial charge in [0.15, 0.2) is 0 Å². The Morgan fingerprint density at radius 3 is 2.37 bits per heavy atom. The minimum Gasteiger partial charge on any atom is -0.481 e. The summed E-state index contributed by atoms with van der Waals surface area (Å²) in [6.07, 6.45) is 1.18. The smallest absolute Gasteiger partial charge is 0.306 e. The first-order valence-electron chi connectivity index (χ1n) is 8.87. The summed E-state index contributed by atoms with van der Waals surface area (Å²) < 4.78 is 0. The molecule has 2 aromatic rings. The van der Waals surface area contributed by atoms with E-state index in [1.807, 2.05) is 41.3 Å². The number of fused-ring (bicyclic) bond motifs is 1. The first-order valence-corrected chi connectivity index (χ1v) is 8.87. The van der Waals surface area contributed by atoms with Crippen molar-refractivity contribution >= 4 is 46.7 Å². The van der Waals surface area contributed by atoms with Crippen molar-refractivity contribution in [3.05, 3.63) is 42.5 Å². The lowest BCUT2D eigenvalue weighted by Crippen LogP contribution is -2.46. The number of aliphatic carboxylic acids is 1. The van der Waals surface area contributed by atoms with Gasteiger partial charge in [-0.25, -0.2) is 4.90 Å². The van der Waals surface area contributed by atoms with Gasteiger partial charge >= 0.3 is 5.97 Å². The number of likely N-dealkylation sites (tertiary alicyclic amines) is 1. The minimum atomic E-state index is -0.782. The lowest BCUT2D eigenvalue weighted by molar-refractivity contribution is -0.143. The van der Waals surface area contributed by atoms with Crippen molar-refractivity contribution in [1.82, 2.24) is 4.90 Å². The molecular formula is C20H21ClN2O4. The summed E-state index contributed by atoms with van der Waals surface area (Å²) >= 11 is 0. The molecular weight excluding hydrogens is 368 g/mol. The van der Waals surface area contributed by atoms with Crippen LogP contribution < -0.4 is 4.90 Å². The number of carboxylic acids is 1. The number of carbonyl (C=O) groups excluding carboxylic acids is 2. The molecule has 2 aliphatic rings. The maximum atomic E-state index is 13.0. The number of nitrogens with zero attached hydrogens (tertiary/aromatic N) is 2. The zero-order valence-corrected chi connectivity index (χ0v) is 15.5. The Hall–Kier alpha value is -2.44. The summed E-state index contributed by atoms with van der Waals surface area (Å²) in [6.45, 7) is 1.06. The fourth-order valence-corrected chi connectivity index (χ4v) is 4.02. The van der Waals surface area contributed by atoms with Crippen molar-refractivity contribution in [2.75, 3.05) is 18.0 Å². The van der Waals surface area contributed by atoms with E-state index in [2.05, 4.69) is 0 Å². The molecule has 1 unspecified atom stereocenters. The van der Waals surface area contributed by atoms with Gasteiger partial charge in [-0.15, -0.1) is 12.4 Å². The van der Waals surface area contributed by atoms with Gasteiger partial charge in [-0.2, -0.15) is 0 Å². The van der Waals surface area contributed by atoms with E-state index >= 15 is 0 Å². The van der Waals surface area contributed by atoms with Crippen molar-refractivity contribution in [3.63, 3.8) is 0 Å². The molecule has 1 N–H and O–H groups in total. The second-order valence-corrected chi connectivity index (χ2v) is 6.93. The number of carboxylic acid groups (broad SMARTS) is 1. The standard InChI is InChI=1S/C20H20N2O4.ClH/c23-18-12-17(21-10-8-14(9-11-21)20(25)26)19(24)22(18)16-7-3-5-13-4-1-2-6-15(13)16;/h1-7,14,17H,8-12H2,(H,25,26);1H. The molecule has 7 heteroatoms. The fourth-order valence-electron chi connectivity index (χ4n) is 4.02. The van der Waals surface area contributed by atoms with Crippen LogP contribution in [0.25, 0.3) is 10.8 Å². The Morgan fingerprint density at radius 2 is 1.67 bits per heavy atom. The lowest BCUT2D eigenvalue weighted by atomic mass is 9.95. The number of anilines is 1. The summed E-state index contributed by atoms with van der Waals surface area (Å²) in [5.41, 5.74) is 0.626. The molecule has 0 aromatic heterocycles. The van der Waals surface area contributed by atoms with Crippen LogP contribution in [0.5, 0.6) is 0 Å². The second-order valence-electron chi connectivity index (χ2n) is 6.93. The Bertz CT molecular complexity index is 887. The molecule has 2 saturated heterocycles. The first-order chi connectivity index (χ1) is 12.6. The Balaban J connectivity index is 0.00000210. The maximum Gasteiger partial charge on any atom is 0.306 e. The number of rotatable bonds is 3. The highest BCUT2D eigenvalue weighted by atomic mass is 35.5. The van der Waals surface area contributed by atoms with Gasteiger partial charge in [0, 0.05) is 5.39 Å². The monoisotopic (exact) mass is 388 g/mol. The van der Waals surface area contributed by atoms with E-state index in [9.17, 15) is 14.4 Å². The number of piperidine rings is 1. The van der Waals surface area contributed by atoms with Crippen LogP contribution in [0.4, 0.5) is 5.69 Å². The van der Waals surface area contributed by atoms with Crippen LogP contribution in [0.1, 0.15) is 19.3 Å². The predicted molar refractivity (Wildman–Crippen MR) is 104 cm³/mol. The zero-order chi connectivity index (χ0) is 18.3. The van der Waals surface area contributed by atoms with E-state index in [-0.39, 0.29) is 36.6 Å². The van der Waals surface area contributed by atoms with E-state index in [0.717, 1.165) is 10.8 Å². The highest BCUT2D eigenvalue weighted by Crippen LogP contribution is 2.33. The van der Waals surface area contributed by atoms with Gasteiger partial charge in [-0.1, -0.05) is 36.4 Å². The summed E-state index contributed by atoms with van der Waals surface area (Å²) in [4.78, 5) is 40.0. The van der Waals surface area contributed by atoms with E-state index < -0.39 is 12.0 Å². The Kier molecular flexibility index (Phi) is 5.48. The van der Waals surface area contributed by atoms with Gasteiger partial charge in [0.2, 0.25) is 5.91 Å². The third-order valence-electron chi connectivity index (χ3n) is 5.45. The normalized spacial score (nSPS) is 21.5. The van der Waals surface area contributed by atoms with Gasteiger partial charge in [0.1, 0.15) is 0 Å². The second kappa shape index (κ2) is 7.66. The molecule has 2 fully saturated rings. The number of benzene rings is 2. The molecule has 0 radical (unpaired) electrons. The molecule has 2 aromatic carbocycles. The largest absolute Gasteiger partial charge is 0.481 e. The Morgan fingerprint density at radius 1 is 1.00 bits per heavy atom. The van der Waals surface area contributed by atoms with Crippen LogP contribution >= 0.6 is 12.4 Å². The number of hydrogen-bond donors (Lipinski definition) is 1. The minimum absolute atomic E-state index is 0. The van der Waals surface area contributed by atoms with Crippen LogP contribution in [-0.2, 0) is 14.4 Å². The van der Waals surface area contributed by atoms with Crippen molar-refractivity contribution in [2.24, 2.45) is 5.92 Å². The first kappa shape index (κ1) is 19.3. The topological polar surface area (TPSA) is 77.9 Å². The van der Waals surface area contributed by atoms with E-state index in [4.69, 9.17) is 5.11 Å². The van der Waals surface area contributed by atoms with Gasteiger partial charge in [-0.05, 0) is 37.4 Å². The van der Waals surface area contributed by atoms with E-state index in [1.165, 1.54) is 4.90 Å². The zero-order valence-electron chi connectivity index (χ0n) is 14.7. The molecule has 6 nitrogen and oxygen atoms in total. The third-order valence-corrected chi connectivity index (χ3v) is 5.45. The van der Waals surface area contributed by atoms with Crippen LogP contribution in [0.2, 0.25) is 0 Å². The average molecular weight is 389 g/mol. The molecule has 0 saturated carbocycles. The predicted octanol–water partition coefficient (Wildman–Crippen LogP) is 2.69. The lowest BCUT2D eigenvalue weighted by Gasteiger charge is -2.33. The molecule has 0 bridgehead atoms. The number of amides is 2. The average Bonchev–Trinajstić information content (AvgIpc) is 2.95. The Labute approximate surface area is 163 Å². The maximum absolute atomic E-state index is 13.0. The quantitative estimate of drug-likeness (QED) is 0.818. The molecule has 1 atom stereocenters. The number of hydrogen-bond acceptors (Lipinski definition) is 4. The van der Waals surface area contributed by atoms with Gasteiger partial charge in [0.25, 0.3) is 5.91 Å². The van der Waals surface area contributed by atoms with Gasteiger partial charge < -0.3 is 5.11 Å². The molecule has 4 rings (SSSR count). The van der Waals surface area contributed by atoms with Crippen molar-refractivity contribution < 1.29 is 19.5 Å². The third kappa shape index (κ3) is 3.42. The fraction of sp³-hybridized carbons (Fsp3) is 0.350. The molecule has 2 aliphatic heterocycles. The SMILES string of the molecule is Cl.O=C(O)C1CCN(C2CC(=O)N(c3cccc4ccccc34)C2=O)CC1. The van der Waals surface area contributed by atoms with Crippen LogP contribution in [0.3, 0.4) is 0 Å². The summed E-state index contributed by atoms with van der Waals surface area (Å²) in [5, 5.41) is 11.0. The number of halogens is 1. The molecule has 0 spiro atoms. The summed E-state index contributed by atoms with van der Waals surface area (Å²) in [6, 6.07) is 12.8. The molecule has 2 amide bonds. The van der Waals surface area contributed by atoms with Crippen LogP contribution in [-0.4, -0.2) is 46.9 Å². The van der Waals surface area contributed by atoms with Crippen molar-refractivity contribution in [3.8, 4) is 0 Å². The number of imide groups is 1. The van der Waals surface area contributed by atoms with Crippen LogP contribution in [0.15, 0.2) is 42.5 Å². The van der Waals surface area contributed by atoms with E-state index in [1.54, 1.807) is 6.07 Å². The van der Waals surface area contributed by atoms with Gasteiger partial charge in [0.05, 0.1) is 24.1 Å². The summed E-state index contributed by atoms with van der Waals surface area (Å²) in [5.74, 6) is -1.54. The molecule has 27 heavy (non-hydrogen) atoms. The summed E-state index contributed by atoms with van der Waals surface area (Å²) in [7, 11) is 0. The highest BCUT2D eigenvalue weighted by molar-refractivity contribution is 6.25. The number of carbonyl (C=O) groups is 3. The molecule has 0 aliphatic carbocycles. The van der Waals surface area contributed by atoms with Crippen molar-refractivity contribution in [2.45, 2.75) is 25.3 Å². The van der Waals surface area contributed by atoms with E-state index in [0.29, 0.717) is 31.6 Å². The highest BCUT2D eigenvalue weighted by Gasteiger charge is 2.44.